The predicted molar refractivity (Wildman–Crippen MR) is 121 cm³/mol. The van der Waals surface area contributed by atoms with Crippen LogP contribution in [-0.4, -0.2) is 52.0 Å². The molecule has 1 aliphatic heterocycles. The molecule has 1 N–H and O–H groups in total. The van der Waals surface area contributed by atoms with Gasteiger partial charge in [0, 0.05) is 43.6 Å². The van der Waals surface area contributed by atoms with E-state index < -0.39 is 0 Å². The molecular weight excluding hydrogens is 410 g/mol. The first-order valence-corrected chi connectivity index (χ1v) is 11.0. The number of urea groups is 1. The molecule has 7 heteroatoms. The van der Waals surface area contributed by atoms with Crippen LogP contribution in [-0.2, 0) is 12.8 Å². The molecule has 1 atom stereocenters. The minimum absolute atomic E-state index is 0.0782. The van der Waals surface area contributed by atoms with Gasteiger partial charge < -0.3 is 10.2 Å². The smallest absolute Gasteiger partial charge is 0.321 e. The summed E-state index contributed by atoms with van der Waals surface area (Å²) < 4.78 is 0. The molecule has 0 spiro atoms. The van der Waals surface area contributed by atoms with Gasteiger partial charge in [-0.05, 0) is 59.9 Å². The van der Waals surface area contributed by atoms with Crippen molar-refractivity contribution in [3.63, 3.8) is 0 Å². The molecular formula is C24H24ClN5O. The van der Waals surface area contributed by atoms with Crippen molar-refractivity contribution in [1.82, 2.24) is 19.8 Å². The maximum Gasteiger partial charge on any atom is 0.321 e. The molecule has 2 amide bonds. The van der Waals surface area contributed by atoms with Gasteiger partial charge in [-0.3, -0.25) is 14.9 Å². The van der Waals surface area contributed by atoms with Crippen LogP contribution < -0.4 is 5.32 Å². The fourth-order valence-electron chi connectivity index (χ4n) is 4.57. The van der Waals surface area contributed by atoms with E-state index in [-0.39, 0.29) is 12.1 Å². The van der Waals surface area contributed by atoms with E-state index >= 15 is 0 Å². The van der Waals surface area contributed by atoms with Crippen molar-refractivity contribution < 1.29 is 4.79 Å². The standard InChI is InChI=1S/C24H24ClN5O/c25-19-7-8-21-18(15-19)6-5-17-3-1-10-27-22(17)23(21)29-11-13-30(14-12-29)24(31)28-20-4-2-9-26-16-20/h1-4,7-10,15-16,23H,5-6,11-14H2,(H,28,31)/t23-/m0/s1. The summed E-state index contributed by atoms with van der Waals surface area (Å²) in [5.41, 5.74) is 5.68. The number of nitrogens with zero attached hydrogens (tertiary/aromatic N) is 4. The molecule has 3 heterocycles. The normalized spacial score (nSPS) is 18.6. The van der Waals surface area contributed by atoms with Gasteiger partial charge in [-0.25, -0.2) is 4.79 Å². The molecule has 0 saturated carbocycles. The number of anilines is 1. The molecule has 0 bridgehead atoms. The number of hydrogen-bond acceptors (Lipinski definition) is 4. The third-order valence-corrected chi connectivity index (χ3v) is 6.36. The third kappa shape index (κ3) is 4.13. The molecule has 1 aromatic carbocycles. The van der Waals surface area contributed by atoms with Gasteiger partial charge in [0.15, 0.2) is 0 Å². The average molecular weight is 434 g/mol. The molecule has 5 rings (SSSR count). The lowest BCUT2D eigenvalue weighted by Gasteiger charge is -2.39. The Morgan fingerprint density at radius 3 is 2.61 bits per heavy atom. The van der Waals surface area contributed by atoms with E-state index in [4.69, 9.17) is 16.6 Å². The number of piperazine rings is 1. The van der Waals surface area contributed by atoms with Crippen LogP contribution in [0.2, 0.25) is 5.02 Å². The summed E-state index contributed by atoms with van der Waals surface area (Å²) in [5, 5.41) is 3.70. The van der Waals surface area contributed by atoms with Crippen molar-refractivity contribution in [1.29, 1.82) is 0 Å². The number of fused-ring (bicyclic) bond motifs is 2. The zero-order valence-corrected chi connectivity index (χ0v) is 17.9. The van der Waals surface area contributed by atoms with E-state index in [1.807, 2.05) is 35.4 Å². The number of hydrogen-bond donors (Lipinski definition) is 1. The van der Waals surface area contributed by atoms with Crippen LogP contribution in [0.15, 0.2) is 61.1 Å². The Kier molecular flexibility index (Phi) is 5.57. The molecule has 3 aromatic rings. The number of benzene rings is 1. The third-order valence-electron chi connectivity index (χ3n) is 6.13. The maximum atomic E-state index is 12.7. The highest BCUT2D eigenvalue weighted by Crippen LogP contribution is 2.37. The first-order chi connectivity index (χ1) is 15.2. The minimum Gasteiger partial charge on any atom is -0.322 e. The summed E-state index contributed by atoms with van der Waals surface area (Å²) in [6, 6.07) is 14.1. The van der Waals surface area contributed by atoms with Crippen molar-refractivity contribution in [2.24, 2.45) is 0 Å². The van der Waals surface area contributed by atoms with E-state index in [2.05, 4.69) is 33.4 Å². The molecule has 1 aliphatic carbocycles. The van der Waals surface area contributed by atoms with Crippen LogP contribution in [0, 0.1) is 0 Å². The Hall–Kier alpha value is -2.96. The molecule has 2 aliphatic rings. The average Bonchev–Trinajstić information content (AvgIpc) is 2.96. The summed E-state index contributed by atoms with van der Waals surface area (Å²) in [7, 11) is 0. The zero-order chi connectivity index (χ0) is 21.2. The Morgan fingerprint density at radius 2 is 1.81 bits per heavy atom. The van der Waals surface area contributed by atoms with Gasteiger partial charge in [-0.15, -0.1) is 0 Å². The fourth-order valence-corrected chi connectivity index (χ4v) is 4.77. The predicted octanol–water partition coefficient (Wildman–Crippen LogP) is 4.17. The number of halogens is 1. The number of amides is 2. The lowest BCUT2D eigenvalue weighted by atomic mass is 9.96. The first-order valence-electron chi connectivity index (χ1n) is 10.6. The molecule has 6 nitrogen and oxygen atoms in total. The molecule has 158 valence electrons. The number of aryl methyl sites for hydroxylation is 2. The summed E-state index contributed by atoms with van der Waals surface area (Å²) in [4.78, 5) is 25.8. The van der Waals surface area contributed by atoms with E-state index in [9.17, 15) is 4.79 Å². The molecule has 2 aromatic heterocycles. The summed E-state index contributed by atoms with van der Waals surface area (Å²) in [5.74, 6) is 0. The number of carbonyl (C=O) groups is 1. The van der Waals surface area contributed by atoms with Gasteiger partial charge in [0.2, 0.25) is 0 Å². The lowest BCUT2D eigenvalue weighted by molar-refractivity contribution is 0.125. The van der Waals surface area contributed by atoms with Gasteiger partial charge in [-0.1, -0.05) is 23.7 Å². The van der Waals surface area contributed by atoms with Crippen LogP contribution in [0.4, 0.5) is 10.5 Å². The number of aromatic nitrogens is 2. The van der Waals surface area contributed by atoms with Crippen LogP contribution in [0.25, 0.3) is 0 Å². The van der Waals surface area contributed by atoms with Crippen LogP contribution in [0.1, 0.15) is 28.4 Å². The number of nitrogens with one attached hydrogen (secondary N) is 1. The molecule has 1 saturated heterocycles. The van der Waals surface area contributed by atoms with Gasteiger partial charge in [-0.2, -0.15) is 0 Å². The van der Waals surface area contributed by atoms with Crippen molar-refractivity contribution in [3.8, 4) is 0 Å². The van der Waals surface area contributed by atoms with E-state index in [0.29, 0.717) is 18.8 Å². The van der Waals surface area contributed by atoms with E-state index in [0.717, 1.165) is 36.6 Å². The van der Waals surface area contributed by atoms with Crippen molar-refractivity contribution >= 4 is 23.3 Å². The van der Waals surface area contributed by atoms with Gasteiger partial charge >= 0.3 is 6.03 Å². The summed E-state index contributed by atoms with van der Waals surface area (Å²) in [6.07, 6.45) is 7.14. The van der Waals surface area contributed by atoms with Crippen molar-refractivity contribution in [3.05, 3.63) is 88.5 Å². The summed E-state index contributed by atoms with van der Waals surface area (Å²) in [6.45, 7) is 2.88. The van der Waals surface area contributed by atoms with Crippen molar-refractivity contribution in [2.45, 2.75) is 18.9 Å². The highest BCUT2D eigenvalue weighted by atomic mass is 35.5. The Balaban J connectivity index is 1.37. The van der Waals surface area contributed by atoms with Crippen molar-refractivity contribution in [2.75, 3.05) is 31.5 Å². The molecule has 1 fully saturated rings. The second kappa shape index (κ2) is 8.65. The maximum absolute atomic E-state index is 12.7. The van der Waals surface area contributed by atoms with Crippen LogP contribution in [0.3, 0.4) is 0 Å². The summed E-state index contributed by atoms with van der Waals surface area (Å²) >= 11 is 6.31. The lowest BCUT2D eigenvalue weighted by Crippen LogP contribution is -2.51. The SMILES string of the molecule is O=C(Nc1cccnc1)N1CCN([C@H]2c3ccc(Cl)cc3CCc3cccnc32)CC1. The fraction of sp³-hybridized carbons (Fsp3) is 0.292. The largest absolute Gasteiger partial charge is 0.322 e. The zero-order valence-electron chi connectivity index (χ0n) is 17.2. The first kappa shape index (κ1) is 20.0. The molecule has 31 heavy (non-hydrogen) atoms. The van der Waals surface area contributed by atoms with Gasteiger partial charge in [0.05, 0.1) is 23.6 Å². The van der Waals surface area contributed by atoms with E-state index in [1.165, 1.54) is 16.7 Å². The monoisotopic (exact) mass is 433 g/mol. The second-order valence-corrected chi connectivity index (χ2v) is 8.42. The van der Waals surface area contributed by atoms with Gasteiger partial charge in [0.1, 0.15) is 0 Å². The highest BCUT2D eigenvalue weighted by molar-refractivity contribution is 6.30. The quantitative estimate of drug-likeness (QED) is 0.659. The number of pyridine rings is 2. The second-order valence-electron chi connectivity index (χ2n) is 7.99. The Bertz CT molecular complexity index is 1080. The number of carbonyl (C=O) groups excluding carboxylic acids is 1. The van der Waals surface area contributed by atoms with Gasteiger partial charge in [0.25, 0.3) is 0 Å². The number of rotatable bonds is 2. The van der Waals surface area contributed by atoms with E-state index in [1.54, 1.807) is 12.4 Å². The highest BCUT2D eigenvalue weighted by Gasteiger charge is 2.33. The minimum atomic E-state index is -0.0841. The van der Waals surface area contributed by atoms with Crippen LogP contribution >= 0.6 is 11.6 Å². The molecule has 0 unspecified atom stereocenters. The molecule has 0 radical (unpaired) electrons. The Morgan fingerprint density at radius 1 is 1.00 bits per heavy atom. The van der Waals surface area contributed by atoms with Crippen LogP contribution in [0.5, 0.6) is 0 Å². The topological polar surface area (TPSA) is 61.4 Å². The Labute approximate surface area is 186 Å².